The molecule has 1 fully saturated rings. The molecule has 0 spiro atoms. The molecule has 31 heavy (non-hydrogen) atoms. The number of likely N-dealkylation sites (tertiary alicyclic amines) is 1. The molecule has 0 aromatic heterocycles. The first-order chi connectivity index (χ1) is 14.8. The standard InChI is InChI=1S/C22H22ClF3N2O3/c23-18-10-9-15(13-17(18)22(24,25)26)27-21(30)16-7-3-4-8-19(16)31-14-20(29)28-11-5-1-2-6-12-28/h3-4,7-10,13H,1-2,5-6,11-12,14H2,(H,27,30). The molecule has 2 amide bonds. The van der Waals surface area contributed by atoms with Gasteiger partial charge in [0.2, 0.25) is 0 Å². The molecule has 3 rings (SSSR count). The molecular formula is C22H22ClF3N2O3. The van der Waals surface area contributed by atoms with E-state index in [0.29, 0.717) is 13.1 Å². The summed E-state index contributed by atoms with van der Waals surface area (Å²) in [4.78, 5) is 26.9. The molecule has 0 bridgehead atoms. The zero-order chi connectivity index (χ0) is 22.4. The SMILES string of the molecule is O=C(Nc1ccc(Cl)c(C(F)(F)F)c1)c1ccccc1OCC(=O)N1CCCCCC1. The van der Waals surface area contributed by atoms with Crippen molar-refractivity contribution in [1.29, 1.82) is 0 Å². The van der Waals surface area contributed by atoms with Crippen LogP contribution in [0.15, 0.2) is 42.5 Å². The molecule has 0 aliphatic carbocycles. The third-order valence-electron chi connectivity index (χ3n) is 4.97. The number of nitrogens with zero attached hydrogens (tertiary/aromatic N) is 1. The number of nitrogens with one attached hydrogen (secondary N) is 1. The van der Waals surface area contributed by atoms with E-state index in [9.17, 15) is 22.8 Å². The number of carbonyl (C=O) groups excluding carboxylic acids is 2. The summed E-state index contributed by atoms with van der Waals surface area (Å²) in [5, 5.41) is 1.97. The highest BCUT2D eigenvalue weighted by Gasteiger charge is 2.33. The van der Waals surface area contributed by atoms with Gasteiger partial charge >= 0.3 is 6.18 Å². The number of amides is 2. The van der Waals surface area contributed by atoms with Gasteiger partial charge in [0.15, 0.2) is 6.61 Å². The van der Waals surface area contributed by atoms with Crippen LogP contribution in [0.3, 0.4) is 0 Å². The number of anilines is 1. The van der Waals surface area contributed by atoms with E-state index in [1.165, 1.54) is 18.2 Å². The molecule has 1 aliphatic rings. The van der Waals surface area contributed by atoms with Crippen molar-refractivity contribution in [2.45, 2.75) is 31.9 Å². The molecule has 0 atom stereocenters. The van der Waals surface area contributed by atoms with Crippen LogP contribution in [0.1, 0.15) is 41.6 Å². The van der Waals surface area contributed by atoms with Crippen LogP contribution in [0.25, 0.3) is 0 Å². The maximum Gasteiger partial charge on any atom is 0.417 e. The van der Waals surface area contributed by atoms with Gasteiger partial charge in [-0.15, -0.1) is 0 Å². The molecule has 1 saturated heterocycles. The number of para-hydroxylation sites is 1. The van der Waals surface area contributed by atoms with E-state index < -0.39 is 22.7 Å². The Morgan fingerprint density at radius 3 is 2.39 bits per heavy atom. The van der Waals surface area contributed by atoms with Gasteiger partial charge in [0, 0.05) is 18.8 Å². The Bertz CT molecular complexity index is 942. The molecule has 2 aromatic carbocycles. The fourth-order valence-electron chi connectivity index (χ4n) is 3.35. The van der Waals surface area contributed by atoms with Gasteiger partial charge in [-0.3, -0.25) is 9.59 Å². The van der Waals surface area contributed by atoms with Crippen LogP contribution < -0.4 is 10.1 Å². The molecule has 0 radical (unpaired) electrons. The van der Waals surface area contributed by atoms with Crippen LogP contribution in [0, 0.1) is 0 Å². The third-order valence-corrected chi connectivity index (χ3v) is 5.30. The van der Waals surface area contributed by atoms with E-state index in [2.05, 4.69) is 5.32 Å². The number of hydrogen-bond donors (Lipinski definition) is 1. The Morgan fingerprint density at radius 1 is 1.03 bits per heavy atom. The number of hydrogen-bond acceptors (Lipinski definition) is 3. The monoisotopic (exact) mass is 454 g/mol. The molecule has 166 valence electrons. The van der Waals surface area contributed by atoms with Gasteiger partial charge in [0.1, 0.15) is 5.75 Å². The lowest BCUT2D eigenvalue weighted by atomic mass is 10.1. The van der Waals surface area contributed by atoms with Crippen molar-refractivity contribution in [2.24, 2.45) is 0 Å². The van der Waals surface area contributed by atoms with Crippen LogP contribution in [-0.2, 0) is 11.0 Å². The molecule has 5 nitrogen and oxygen atoms in total. The van der Waals surface area contributed by atoms with E-state index in [1.54, 1.807) is 17.0 Å². The van der Waals surface area contributed by atoms with E-state index >= 15 is 0 Å². The van der Waals surface area contributed by atoms with E-state index in [-0.39, 0.29) is 29.5 Å². The molecule has 1 aliphatic heterocycles. The summed E-state index contributed by atoms with van der Waals surface area (Å²) >= 11 is 5.62. The fourth-order valence-corrected chi connectivity index (χ4v) is 3.57. The van der Waals surface area contributed by atoms with Gasteiger partial charge in [-0.25, -0.2) is 0 Å². The normalized spacial score (nSPS) is 14.6. The number of rotatable bonds is 5. The molecule has 1 heterocycles. The number of carbonyl (C=O) groups is 2. The summed E-state index contributed by atoms with van der Waals surface area (Å²) in [6.45, 7) is 1.15. The van der Waals surface area contributed by atoms with Crippen LogP contribution in [0.5, 0.6) is 5.75 Å². The highest BCUT2D eigenvalue weighted by Crippen LogP contribution is 2.36. The van der Waals surface area contributed by atoms with Gasteiger partial charge in [-0.2, -0.15) is 13.2 Å². The number of benzene rings is 2. The van der Waals surface area contributed by atoms with E-state index in [0.717, 1.165) is 37.8 Å². The highest BCUT2D eigenvalue weighted by atomic mass is 35.5. The quantitative estimate of drug-likeness (QED) is 0.658. The van der Waals surface area contributed by atoms with Gasteiger partial charge in [0.25, 0.3) is 11.8 Å². The first-order valence-electron chi connectivity index (χ1n) is 9.93. The lowest BCUT2D eigenvalue weighted by molar-refractivity contribution is -0.137. The van der Waals surface area contributed by atoms with Crippen molar-refractivity contribution in [3.05, 3.63) is 58.6 Å². The van der Waals surface area contributed by atoms with Crippen molar-refractivity contribution in [1.82, 2.24) is 4.90 Å². The molecular weight excluding hydrogens is 433 g/mol. The Kier molecular flexibility index (Phi) is 7.43. The average Bonchev–Trinajstić information content (AvgIpc) is 3.02. The summed E-state index contributed by atoms with van der Waals surface area (Å²) in [7, 11) is 0. The fraction of sp³-hybridized carbons (Fsp3) is 0.364. The largest absolute Gasteiger partial charge is 0.483 e. The van der Waals surface area contributed by atoms with Crippen LogP contribution in [0.4, 0.5) is 18.9 Å². The van der Waals surface area contributed by atoms with Crippen molar-refractivity contribution < 1.29 is 27.5 Å². The second-order valence-electron chi connectivity index (χ2n) is 7.23. The van der Waals surface area contributed by atoms with Gasteiger partial charge in [0.05, 0.1) is 16.1 Å². The average molecular weight is 455 g/mol. The maximum absolute atomic E-state index is 13.1. The van der Waals surface area contributed by atoms with E-state index in [4.69, 9.17) is 16.3 Å². The van der Waals surface area contributed by atoms with Crippen molar-refractivity contribution in [3.8, 4) is 5.75 Å². The van der Waals surface area contributed by atoms with Gasteiger partial charge in [-0.05, 0) is 43.2 Å². The summed E-state index contributed by atoms with van der Waals surface area (Å²) in [5.41, 5.74) is -0.994. The second-order valence-corrected chi connectivity index (χ2v) is 7.63. The molecule has 0 unspecified atom stereocenters. The Hall–Kier alpha value is -2.74. The second kappa shape index (κ2) is 10.0. The summed E-state index contributed by atoms with van der Waals surface area (Å²) in [5.74, 6) is -0.647. The number of ether oxygens (including phenoxy) is 1. The maximum atomic E-state index is 13.1. The van der Waals surface area contributed by atoms with Gasteiger partial charge < -0.3 is 15.0 Å². The molecule has 1 N–H and O–H groups in total. The minimum absolute atomic E-state index is 0.0582. The number of halogens is 4. The summed E-state index contributed by atoms with van der Waals surface area (Å²) in [6, 6.07) is 9.37. The predicted octanol–water partition coefficient (Wildman–Crippen LogP) is 5.39. The van der Waals surface area contributed by atoms with Crippen molar-refractivity contribution >= 4 is 29.1 Å². The van der Waals surface area contributed by atoms with Crippen LogP contribution in [-0.4, -0.2) is 36.4 Å². The summed E-state index contributed by atoms with van der Waals surface area (Å²) in [6.07, 6.45) is -0.563. The third kappa shape index (κ3) is 6.13. The predicted molar refractivity (Wildman–Crippen MR) is 111 cm³/mol. The molecule has 0 saturated carbocycles. The Labute approximate surface area is 183 Å². The minimum atomic E-state index is -4.65. The molecule has 9 heteroatoms. The van der Waals surface area contributed by atoms with Crippen LogP contribution in [0.2, 0.25) is 5.02 Å². The zero-order valence-corrected chi connectivity index (χ0v) is 17.4. The topological polar surface area (TPSA) is 58.6 Å². The van der Waals surface area contributed by atoms with E-state index in [1.807, 2.05) is 0 Å². The van der Waals surface area contributed by atoms with Crippen molar-refractivity contribution in [3.63, 3.8) is 0 Å². The van der Waals surface area contributed by atoms with Gasteiger partial charge in [-0.1, -0.05) is 36.6 Å². The Morgan fingerprint density at radius 2 is 1.71 bits per heavy atom. The first-order valence-corrected chi connectivity index (χ1v) is 10.3. The zero-order valence-electron chi connectivity index (χ0n) is 16.7. The van der Waals surface area contributed by atoms with Crippen molar-refractivity contribution in [2.75, 3.05) is 25.0 Å². The highest BCUT2D eigenvalue weighted by molar-refractivity contribution is 6.31. The first kappa shape index (κ1) is 22.9. The lowest BCUT2D eigenvalue weighted by Crippen LogP contribution is -2.35. The summed E-state index contributed by atoms with van der Waals surface area (Å²) < 4.78 is 44.8. The number of alkyl halides is 3. The Balaban J connectivity index is 1.70. The smallest absolute Gasteiger partial charge is 0.417 e. The minimum Gasteiger partial charge on any atom is -0.483 e. The van der Waals surface area contributed by atoms with Crippen LogP contribution >= 0.6 is 11.6 Å². The molecule has 2 aromatic rings. The lowest BCUT2D eigenvalue weighted by Gasteiger charge is -2.20.